The Bertz CT molecular complexity index is 615. The number of halogens is 1. The van der Waals surface area contributed by atoms with E-state index in [0.717, 1.165) is 5.56 Å². The van der Waals surface area contributed by atoms with Crippen molar-refractivity contribution in [1.82, 2.24) is 10.6 Å². The first-order chi connectivity index (χ1) is 11.8. The predicted molar refractivity (Wildman–Crippen MR) is 98.5 cm³/mol. The highest BCUT2D eigenvalue weighted by molar-refractivity contribution is 7.98. The SMILES string of the molecule is CSCC[C@@H](NC(N)=O)C(=O)OCC(=O)N[C@H](C)c1cccc(Cl)c1. The molecule has 7 nitrogen and oxygen atoms in total. The molecule has 25 heavy (non-hydrogen) atoms. The molecule has 0 aliphatic rings. The van der Waals surface area contributed by atoms with E-state index in [9.17, 15) is 14.4 Å². The van der Waals surface area contributed by atoms with Crippen LogP contribution in [0.3, 0.4) is 0 Å². The average molecular weight is 388 g/mol. The lowest BCUT2D eigenvalue weighted by molar-refractivity contribution is -0.150. The summed E-state index contributed by atoms with van der Waals surface area (Å²) in [5.41, 5.74) is 5.88. The van der Waals surface area contributed by atoms with E-state index in [1.54, 1.807) is 25.1 Å². The van der Waals surface area contributed by atoms with Crippen molar-refractivity contribution in [3.8, 4) is 0 Å². The molecule has 0 spiro atoms. The van der Waals surface area contributed by atoms with Crippen molar-refractivity contribution < 1.29 is 19.1 Å². The number of rotatable bonds is 9. The van der Waals surface area contributed by atoms with Gasteiger partial charge >= 0.3 is 12.0 Å². The molecule has 0 radical (unpaired) electrons. The van der Waals surface area contributed by atoms with Crippen LogP contribution in [0.2, 0.25) is 5.02 Å². The number of nitrogens with one attached hydrogen (secondary N) is 2. The van der Waals surface area contributed by atoms with Crippen molar-refractivity contribution >= 4 is 41.3 Å². The van der Waals surface area contributed by atoms with E-state index in [1.165, 1.54) is 11.8 Å². The van der Waals surface area contributed by atoms with E-state index in [-0.39, 0.29) is 6.04 Å². The Labute approximate surface area is 156 Å². The second kappa shape index (κ2) is 10.8. The highest BCUT2D eigenvalue weighted by Gasteiger charge is 2.22. The molecule has 0 saturated carbocycles. The van der Waals surface area contributed by atoms with Crippen molar-refractivity contribution in [2.24, 2.45) is 5.73 Å². The van der Waals surface area contributed by atoms with Gasteiger partial charge < -0.3 is 21.1 Å². The van der Waals surface area contributed by atoms with Gasteiger partial charge in [-0.2, -0.15) is 11.8 Å². The Morgan fingerprint density at radius 3 is 2.64 bits per heavy atom. The largest absolute Gasteiger partial charge is 0.454 e. The van der Waals surface area contributed by atoms with Gasteiger partial charge in [0.2, 0.25) is 0 Å². The summed E-state index contributed by atoms with van der Waals surface area (Å²) in [4.78, 5) is 34.9. The third-order valence-corrected chi connectivity index (χ3v) is 4.16. The number of benzene rings is 1. The van der Waals surface area contributed by atoms with Gasteiger partial charge in [-0.1, -0.05) is 23.7 Å². The van der Waals surface area contributed by atoms with Crippen LogP contribution in [0.5, 0.6) is 0 Å². The number of carbonyl (C=O) groups excluding carboxylic acids is 3. The molecule has 3 amide bonds. The summed E-state index contributed by atoms with van der Waals surface area (Å²) in [6, 6.07) is 5.12. The van der Waals surface area contributed by atoms with Crippen LogP contribution in [-0.4, -0.2) is 42.6 Å². The van der Waals surface area contributed by atoms with E-state index in [0.29, 0.717) is 17.2 Å². The van der Waals surface area contributed by atoms with E-state index in [1.807, 2.05) is 12.3 Å². The number of carbonyl (C=O) groups is 3. The van der Waals surface area contributed by atoms with E-state index < -0.39 is 30.6 Å². The zero-order chi connectivity index (χ0) is 18.8. The maximum Gasteiger partial charge on any atom is 0.329 e. The quantitative estimate of drug-likeness (QED) is 0.560. The normalized spacial score (nSPS) is 12.8. The van der Waals surface area contributed by atoms with Crippen LogP contribution in [0, 0.1) is 0 Å². The van der Waals surface area contributed by atoms with Crippen LogP contribution >= 0.6 is 23.4 Å². The van der Waals surface area contributed by atoms with E-state index in [2.05, 4.69) is 10.6 Å². The topological polar surface area (TPSA) is 111 Å². The fourth-order valence-electron chi connectivity index (χ4n) is 2.04. The van der Waals surface area contributed by atoms with E-state index >= 15 is 0 Å². The summed E-state index contributed by atoms with van der Waals surface area (Å²) in [5, 5.41) is 5.60. The Balaban J connectivity index is 2.50. The first kappa shape index (κ1) is 21.1. The Kier molecular flexibility index (Phi) is 9.15. The molecule has 1 rings (SSSR count). The molecular weight excluding hydrogens is 366 g/mol. The summed E-state index contributed by atoms with van der Waals surface area (Å²) >= 11 is 7.43. The molecule has 138 valence electrons. The van der Waals surface area contributed by atoms with Crippen molar-refractivity contribution in [2.75, 3.05) is 18.6 Å². The molecule has 0 unspecified atom stereocenters. The standard InChI is InChI=1S/C16H22ClN3O4S/c1-10(11-4-3-5-12(17)8-11)19-14(21)9-24-15(22)13(6-7-25-2)20-16(18)23/h3-5,8,10,13H,6-7,9H2,1-2H3,(H,19,21)(H3,18,20,23)/t10-,13-/m1/s1. The molecule has 0 aliphatic heterocycles. The molecule has 0 aromatic heterocycles. The number of esters is 1. The number of ether oxygens (including phenoxy) is 1. The molecule has 9 heteroatoms. The third-order valence-electron chi connectivity index (χ3n) is 3.28. The molecule has 1 aromatic carbocycles. The van der Waals surface area contributed by atoms with Crippen LogP contribution in [0.1, 0.15) is 24.9 Å². The zero-order valence-electron chi connectivity index (χ0n) is 14.1. The van der Waals surface area contributed by atoms with Gasteiger partial charge in [-0.25, -0.2) is 9.59 Å². The number of primary amides is 1. The van der Waals surface area contributed by atoms with Gasteiger partial charge in [-0.05, 0) is 43.0 Å². The summed E-state index contributed by atoms with van der Waals surface area (Å²) in [6.45, 7) is 1.35. The lowest BCUT2D eigenvalue weighted by Crippen LogP contribution is -2.45. The number of nitrogens with two attached hydrogens (primary N) is 1. The molecule has 4 N–H and O–H groups in total. The maximum absolute atomic E-state index is 12.0. The Hall–Kier alpha value is -1.93. The lowest BCUT2D eigenvalue weighted by atomic mass is 10.1. The molecular formula is C16H22ClN3O4S. The van der Waals surface area contributed by atoms with Crippen molar-refractivity contribution in [1.29, 1.82) is 0 Å². The second-order valence-electron chi connectivity index (χ2n) is 5.29. The summed E-state index contributed by atoms with van der Waals surface area (Å²) < 4.78 is 4.97. The highest BCUT2D eigenvalue weighted by atomic mass is 35.5. The maximum atomic E-state index is 12.0. The van der Waals surface area contributed by atoms with Crippen LogP contribution in [0.25, 0.3) is 0 Å². The van der Waals surface area contributed by atoms with E-state index in [4.69, 9.17) is 22.1 Å². The van der Waals surface area contributed by atoms with Crippen LogP contribution in [0.4, 0.5) is 4.79 Å². The smallest absolute Gasteiger partial charge is 0.329 e. The van der Waals surface area contributed by atoms with Gasteiger partial charge in [0.1, 0.15) is 6.04 Å². The summed E-state index contributed by atoms with van der Waals surface area (Å²) in [5.74, 6) is -0.514. The lowest BCUT2D eigenvalue weighted by Gasteiger charge is -2.17. The third kappa shape index (κ3) is 8.13. The molecule has 2 atom stereocenters. The first-order valence-corrected chi connectivity index (χ1v) is 9.37. The fraction of sp³-hybridized carbons (Fsp3) is 0.438. The monoisotopic (exact) mass is 387 g/mol. The summed E-state index contributed by atoms with van der Waals surface area (Å²) in [7, 11) is 0. The van der Waals surface area contributed by atoms with Crippen LogP contribution in [0.15, 0.2) is 24.3 Å². The number of hydrogen-bond acceptors (Lipinski definition) is 5. The zero-order valence-corrected chi connectivity index (χ0v) is 15.7. The molecule has 0 fully saturated rings. The van der Waals surface area contributed by atoms with Crippen molar-refractivity contribution in [2.45, 2.75) is 25.4 Å². The number of hydrogen-bond donors (Lipinski definition) is 3. The minimum absolute atomic E-state index is 0.291. The van der Waals surface area contributed by atoms with Crippen molar-refractivity contribution in [3.63, 3.8) is 0 Å². The van der Waals surface area contributed by atoms with Gasteiger partial charge in [-0.15, -0.1) is 0 Å². The Morgan fingerprint density at radius 1 is 1.32 bits per heavy atom. The second-order valence-corrected chi connectivity index (χ2v) is 6.72. The molecule has 0 bridgehead atoms. The minimum atomic E-state index is -0.872. The predicted octanol–water partition coefficient (Wildman–Crippen LogP) is 1.85. The average Bonchev–Trinajstić information content (AvgIpc) is 2.56. The van der Waals surface area contributed by atoms with Gasteiger partial charge in [0.25, 0.3) is 5.91 Å². The molecule has 0 heterocycles. The molecule has 0 saturated heterocycles. The van der Waals surface area contributed by atoms with Gasteiger partial charge in [-0.3, -0.25) is 4.79 Å². The Morgan fingerprint density at radius 2 is 2.04 bits per heavy atom. The molecule has 1 aromatic rings. The minimum Gasteiger partial charge on any atom is -0.454 e. The fourth-order valence-corrected chi connectivity index (χ4v) is 2.71. The number of thioether (sulfide) groups is 1. The van der Waals surface area contributed by atoms with Gasteiger partial charge in [0.05, 0.1) is 6.04 Å². The summed E-state index contributed by atoms with van der Waals surface area (Å²) in [6.07, 6.45) is 2.24. The molecule has 0 aliphatic carbocycles. The number of amides is 3. The van der Waals surface area contributed by atoms with Gasteiger partial charge in [0.15, 0.2) is 6.61 Å². The van der Waals surface area contributed by atoms with Gasteiger partial charge in [0, 0.05) is 5.02 Å². The first-order valence-electron chi connectivity index (χ1n) is 7.59. The van der Waals surface area contributed by atoms with Crippen LogP contribution in [-0.2, 0) is 14.3 Å². The van der Waals surface area contributed by atoms with Crippen molar-refractivity contribution in [3.05, 3.63) is 34.9 Å². The number of urea groups is 1. The van der Waals surface area contributed by atoms with Crippen LogP contribution < -0.4 is 16.4 Å². The highest BCUT2D eigenvalue weighted by Crippen LogP contribution is 2.17.